The van der Waals surface area contributed by atoms with Gasteiger partial charge in [-0.2, -0.15) is 10.2 Å². The molecule has 1 amide bonds. The minimum Gasteiger partial charge on any atom is -0.507 e. The Morgan fingerprint density at radius 1 is 0.885 bits per heavy atom. The molecule has 0 aliphatic carbocycles. The van der Waals surface area contributed by atoms with Gasteiger partial charge in [-0.1, -0.05) is 12.1 Å². The Balaban J connectivity index is 2.12. The summed E-state index contributed by atoms with van der Waals surface area (Å²) >= 11 is 0. The average Bonchev–Trinajstić information content (AvgIpc) is 2.59. The van der Waals surface area contributed by atoms with E-state index in [1.807, 2.05) is 0 Å². The number of aliphatic carboxylic acids is 2. The molecule has 0 spiro atoms. The second-order valence-corrected chi connectivity index (χ2v) is 5.21. The Bertz CT molecular complexity index is 861. The van der Waals surface area contributed by atoms with Crippen LogP contribution in [0.1, 0.15) is 15.9 Å². The van der Waals surface area contributed by atoms with Gasteiger partial charge in [-0.15, -0.1) is 0 Å². The van der Waals surface area contributed by atoms with Gasteiger partial charge in [0.25, 0.3) is 5.91 Å². The Morgan fingerprint density at radius 2 is 1.50 bits per heavy atom. The molecule has 4 N–H and O–H groups in total. The zero-order valence-electron chi connectivity index (χ0n) is 13.4. The van der Waals surface area contributed by atoms with Crippen molar-refractivity contribution >= 4 is 29.2 Å². The number of benzene rings is 2. The van der Waals surface area contributed by atoms with Crippen molar-refractivity contribution < 1.29 is 29.7 Å². The van der Waals surface area contributed by atoms with Crippen LogP contribution in [-0.4, -0.2) is 39.7 Å². The fraction of sp³-hybridized carbons (Fsp3) is 0.118. The molecular weight excluding hydrogens is 342 g/mol. The second kappa shape index (κ2) is 8.38. The standard InChI is InChI=1S/C17H15N3O6/c21-14-6-5-12(8-13(14)17(26)18-9-16(24)25)20-19-11-3-1-10(2-4-11)7-15(22)23/h1-6,8,21H,7,9H2,(H,18,26)(H,22,23)(H,24,25)/b20-19+. The van der Waals surface area contributed by atoms with Crippen LogP contribution in [0.15, 0.2) is 52.7 Å². The van der Waals surface area contributed by atoms with Gasteiger partial charge in [-0.3, -0.25) is 14.4 Å². The topological polar surface area (TPSA) is 149 Å². The predicted molar refractivity (Wildman–Crippen MR) is 90.0 cm³/mol. The molecule has 0 bridgehead atoms. The highest BCUT2D eigenvalue weighted by Crippen LogP contribution is 2.25. The molecule has 0 unspecified atom stereocenters. The summed E-state index contributed by atoms with van der Waals surface area (Å²) in [6.45, 7) is -0.577. The monoisotopic (exact) mass is 357 g/mol. The van der Waals surface area contributed by atoms with Gasteiger partial charge in [0, 0.05) is 0 Å². The molecule has 9 nitrogen and oxygen atoms in total. The van der Waals surface area contributed by atoms with Crippen molar-refractivity contribution in [2.24, 2.45) is 10.2 Å². The van der Waals surface area contributed by atoms with E-state index in [1.165, 1.54) is 18.2 Å². The lowest BCUT2D eigenvalue weighted by atomic mass is 10.1. The summed E-state index contributed by atoms with van der Waals surface area (Å²) in [7, 11) is 0. The van der Waals surface area contributed by atoms with Gasteiger partial charge in [-0.05, 0) is 35.9 Å². The summed E-state index contributed by atoms with van der Waals surface area (Å²) in [5.74, 6) is -3.21. The molecule has 2 aromatic rings. The Kier molecular flexibility index (Phi) is 5.99. The molecule has 0 radical (unpaired) electrons. The van der Waals surface area contributed by atoms with E-state index in [0.29, 0.717) is 11.3 Å². The summed E-state index contributed by atoms with van der Waals surface area (Å²) in [6, 6.07) is 10.4. The third-order valence-electron chi connectivity index (χ3n) is 3.20. The number of phenolic OH excluding ortho intramolecular Hbond substituents is 1. The lowest BCUT2D eigenvalue weighted by Crippen LogP contribution is -2.29. The van der Waals surface area contributed by atoms with E-state index in [-0.39, 0.29) is 23.4 Å². The highest BCUT2D eigenvalue weighted by Gasteiger charge is 2.13. The maximum Gasteiger partial charge on any atom is 0.322 e. The van der Waals surface area contributed by atoms with Crippen LogP contribution in [0, 0.1) is 0 Å². The Hall–Kier alpha value is -3.75. The van der Waals surface area contributed by atoms with Crippen LogP contribution in [0.25, 0.3) is 0 Å². The van der Waals surface area contributed by atoms with Gasteiger partial charge in [0.15, 0.2) is 0 Å². The van der Waals surface area contributed by atoms with Crippen LogP contribution in [0.2, 0.25) is 0 Å². The van der Waals surface area contributed by atoms with Gasteiger partial charge in [0.05, 0.1) is 23.4 Å². The lowest BCUT2D eigenvalue weighted by molar-refractivity contribution is -0.137. The molecule has 0 saturated carbocycles. The molecule has 0 fully saturated rings. The van der Waals surface area contributed by atoms with Crippen LogP contribution in [-0.2, 0) is 16.0 Å². The Labute approximate surface area is 147 Å². The highest BCUT2D eigenvalue weighted by molar-refractivity contribution is 5.98. The van der Waals surface area contributed by atoms with E-state index in [0.717, 1.165) is 0 Å². The van der Waals surface area contributed by atoms with E-state index < -0.39 is 24.4 Å². The molecule has 0 aliphatic rings. The number of amides is 1. The largest absolute Gasteiger partial charge is 0.507 e. The van der Waals surface area contributed by atoms with Crippen molar-refractivity contribution in [1.82, 2.24) is 5.32 Å². The van der Waals surface area contributed by atoms with Gasteiger partial charge in [-0.25, -0.2) is 0 Å². The molecule has 9 heteroatoms. The number of carbonyl (C=O) groups is 3. The SMILES string of the molecule is O=C(O)CNC(=O)c1cc(/N=N/c2ccc(CC(=O)O)cc2)ccc1O. The summed E-state index contributed by atoms with van der Waals surface area (Å²) in [5.41, 5.74) is 1.25. The molecular formula is C17H15N3O6. The minimum atomic E-state index is -1.21. The number of carboxylic acids is 2. The third kappa shape index (κ3) is 5.41. The van der Waals surface area contributed by atoms with Crippen LogP contribution < -0.4 is 5.32 Å². The van der Waals surface area contributed by atoms with Crippen molar-refractivity contribution in [3.05, 3.63) is 53.6 Å². The predicted octanol–water partition coefficient (Wildman–Crippen LogP) is 2.25. The van der Waals surface area contributed by atoms with Crippen molar-refractivity contribution in [1.29, 1.82) is 0 Å². The van der Waals surface area contributed by atoms with Gasteiger partial charge in [0.1, 0.15) is 12.3 Å². The molecule has 0 aliphatic heterocycles. The number of nitrogens with one attached hydrogen (secondary N) is 1. The van der Waals surface area contributed by atoms with Crippen molar-refractivity contribution in [2.75, 3.05) is 6.54 Å². The van der Waals surface area contributed by atoms with Crippen molar-refractivity contribution in [2.45, 2.75) is 6.42 Å². The molecule has 0 heterocycles. The zero-order chi connectivity index (χ0) is 19.1. The number of hydrogen-bond donors (Lipinski definition) is 4. The second-order valence-electron chi connectivity index (χ2n) is 5.21. The van der Waals surface area contributed by atoms with E-state index in [9.17, 15) is 19.5 Å². The number of carbonyl (C=O) groups excluding carboxylic acids is 1. The van der Waals surface area contributed by atoms with Gasteiger partial charge in [0.2, 0.25) is 0 Å². The highest BCUT2D eigenvalue weighted by atomic mass is 16.4. The van der Waals surface area contributed by atoms with E-state index >= 15 is 0 Å². The first kappa shape index (κ1) is 18.6. The van der Waals surface area contributed by atoms with E-state index in [4.69, 9.17) is 10.2 Å². The molecule has 0 saturated heterocycles. The molecule has 134 valence electrons. The number of azo groups is 1. The number of phenols is 1. The van der Waals surface area contributed by atoms with Gasteiger partial charge < -0.3 is 20.6 Å². The van der Waals surface area contributed by atoms with Gasteiger partial charge >= 0.3 is 11.9 Å². The summed E-state index contributed by atoms with van der Waals surface area (Å²) < 4.78 is 0. The van der Waals surface area contributed by atoms with Crippen LogP contribution in [0.4, 0.5) is 11.4 Å². The number of rotatable bonds is 7. The first-order valence-electron chi connectivity index (χ1n) is 7.40. The normalized spacial score (nSPS) is 10.6. The first-order valence-corrected chi connectivity index (χ1v) is 7.40. The quantitative estimate of drug-likeness (QED) is 0.558. The molecule has 2 rings (SSSR count). The van der Waals surface area contributed by atoms with Crippen LogP contribution in [0.5, 0.6) is 5.75 Å². The minimum absolute atomic E-state index is 0.0931. The third-order valence-corrected chi connectivity index (χ3v) is 3.20. The summed E-state index contributed by atoms with van der Waals surface area (Å²) in [5, 5.41) is 37.1. The summed E-state index contributed by atoms with van der Waals surface area (Å²) in [6.07, 6.45) is -0.0931. The lowest BCUT2D eigenvalue weighted by Gasteiger charge is -2.05. The number of hydrogen-bond acceptors (Lipinski definition) is 6. The summed E-state index contributed by atoms with van der Waals surface area (Å²) in [4.78, 5) is 33.0. The maximum atomic E-state index is 11.9. The molecule has 2 aromatic carbocycles. The van der Waals surface area contributed by atoms with E-state index in [2.05, 4.69) is 15.5 Å². The fourth-order valence-electron chi connectivity index (χ4n) is 1.99. The van der Waals surface area contributed by atoms with Crippen molar-refractivity contribution in [3.8, 4) is 5.75 Å². The Morgan fingerprint density at radius 3 is 2.12 bits per heavy atom. The number of aromatic hydroxyl groups is 1. The fourth-order valence-corrected chi connectivity index (χ4v) is 1.99. The van der Waals surface area contributed by atoms with E-state index in [1.54, 1.807) is 24.3 Å². The smallest absolute Gasteiger partial charge is 0.322 e. The number of nitrogens with zero attached hydrogens (tertiary/aromatic N) is 2. The molecule has 26 heavy (non-hydrogen) atoms. The van der Waals surface area contributed by atoms with Crippen LogP contribution >= 0.6 is 0 Å². The zero-order valence-corrected chi connectivity index (χ0v) is 13.4. The average molecular weight is 357 g/mol. The van der Waals surface area contributed by atoms with Crippen molar-refractivity contribution in [3.63, 3.8) is 0 Å². The first-order chi connectivity index (χ1) is 12.3. The number of carboxylic acid groups (broad SMARTS) is 2. The molecule has 0 aromatic heterocycles. The maximum absolute atomic E-state index is 11.9. The van der Waals surface area contributed by atoms with Crippen LogP contribution in [0.3, 0.4) is 0 Å². The molecule has 0 atom stereocenters.